The Balaban J connectivity index is 2.15. The van der Waals surface area contributed by atoms with Gasteiger partial charge in [0.15, 0.2) is 0 Å². The molecule has 2 aromatic rings. The normalized spacial score (nSPS) is 10.2. The quantitative estimate of drug-likeness (QED) is 0.686. The molecule has 0 saturated carbocycles. The van der Waals surface area contributed by atoms with Crippen molar-refractivity contribution < 1.29 is 8.78 Å². The zero-order valence-corrected chi connectivity index (χ0v) is 10.7. The van der Waals surface area contributed by atoms with Crippen molar-refractivity contribution in [1.29, 1.82) is 5.26 Å². The van der Waals surface area contributed by atoms with Crippen LogP contribution in [-0.4, -0.2) is 0 Å². The van der Waals surface area contributed by atoms with Gasteiger partial charge in [0.05, 0.1) is 5.56 Å². The van der Waals surface area contributed by atoms with Gasteiger partial charge in [0.1, 0.15) is 17.7 Å². The minimum absolute atomic E-state index is 0.00492. The lowest BCUT2D eigenvalue weighted by molar-refractivity contribution is 0.623. The molecule has 0 aliphatic carbocycles. The number of nitrogen functional groups attached to an aromatic ring is 1. The van der Waals surface area contributed by atoms with Crippen LogP contribution >= 0.6 is 11.8 Å². The van der Waals surface area contributed by atoms with Gasteiger partial charge in [-0.1, -0.05) is 6.07 Å². The lowest BCUT2D eigenvalue weighted by atomic mass is 10.1. The lowest BCUT2D eigenvalue weighted by Crippen LogP contribution is -1.91. The summed E-state index contributed by atoms with van der Waals surface area (Å²) < 4.78 is 26.2. The summed E-state index contributed by atoms with van der Waals surface area (Å²) in [6.07, 6.45) is 0. The molecule has 2 nitrogen and oxygen atoms in total. The molecule has 0 saturated heterocycles. The fourth-order valence-corrected chi connectivity index (χ4v) is 2.47. The zero-order chi connectivity index (χ0) is 13.8. The summed E-state index contributed by atoms with van der Waals surface area (Å²) in [5, 5.41) is 8.74. The molecule has 0 aliphatic heterocycles. The first-order chi connectivity index (χ1) is 9.10. The molecule has 0 heterocycles. The molecule has 0 atom stereocenters. The Morgan fingerprint density at radius 3 is 2.68 bits per heavy atom. The number of nitrogens with two attached hydrogens (primary N) is 1. The lowest BCUT2D eigenvalue weighted by Gasteiger charge is -2.06. The molecule has 0 radical (unpaired) electrons. The van der Waals surface area contributed by atoms with Gasteiger partial charge >= 0.3 is 0 Å². The number of hydrogen-bond acceptors (Lipinski definition) is 3. The molecule has 0 amide bonds. The number of anilines is 1. The van der Waals surface area contributed by atoms with Crippen LogP contribution in [0.3, 0.4) is 0 Å². The van der Waals surface area contributed by atoms with Crippen LogP contribution in [0.25, 0.3) is 0 Å². The van der Waals surface area contributed by atoms with E-state index in [4.69, 9.17) is 11.0 Å². The molecule has 0 fully saturated rings. The smallest absolute Gasteiger partial charge is 0.140 e. The summed E-state index contributed by atoms with van der Waals surface area (Å²) in [6, 6.07) is 10.3. The average molecular weight is 276 g/mol. The number of nitriles is 1. The van der Waals surface area contributed by atoms with E-state index in [9.17, 15) is 8.78 Å². The minimum Gasteiger partial charge on any atom is -0.398 e. The summed E-state index contributed by atoms with van der Waals surface area (Å²) >= 11 is 1.34. The van der Waals surface area contributed by atoms with E-state index in [1.54, 1.807) is 12.1 Å². The van der Waals surface area contributed by atoms with Gasteiger partial charge in [-0.3, -0.25) is 0 Å². The van der Waals surface area contributed by atoms with Crippen LogP contribution in [0.5, 0.6) is 0 Å². The van der Waals surface area contributed by atoms with Crippen molar-refractivity contribution >= 4 is 17.4 Å². The first kappa shape index (κ1) is 13.4. The van der Waals surface area contributed by atoms with Crippen molar-refractivity contribution in [3.05, 3.63) is 59.2 Å². The predicted molar refractivity (Wildman–Crippen MR) is 71.5 cm³/mol. The number of halogens is 2. The highest BCUT2D eigenvalue weighted by Crippen LogP contribution is 2.29. The molecule has 0 spiro atoms. The monoisotopic (exact) mass is 276 g/mol. The Labute approximate surface area is 113 Å². The molecule has 5 heteroatoms. The maximum Gasteiger partial charge on any atom is 0.140 e. The standard InChI is InChI=1S/C14H10F2N2S/c15-11-2-4-13(18)14(6-11)19-8-9-1-3-12(16)10(5-9)7-17/h1-6H,8,18H2. The van der Waals surface area contributed by atoms with Crippen LogP contribution < -0.4 is 5.73 Å². The zero-order valence-electron chi connectivity index (χ0n) is 9.86. The van der Waals surface area contributed by atoms with Crippen LogP contribution in [0.15, 0.2) is 41.3 Å². The van der Waals surface area contributed by atoms with Crippen molar-refractivity contribution in [3.8, 4) is 6.07 Å². The Morgan fingerprint density at radius 1 is 1.16 bits per heavy atom. The van der Waals surface area contributed by atoms with Gasteiger partial charge in [0.2, 0.25) is 0 Å². The molecular formula is C14H10F2N2S. The summed E-state index contributed by atoms with van der Waals surface area (Å²) in [5.41, 5.74) is 7.02. The Kier molecular flexibility index (Phi) is 4.03. The number of rotatable bonds is 3. The van der Waals surface area contributed by atoms with Crippen molar-refractivity contribution in [2.75, 3.05) is 5.73 Å². The van der Waals surface area contributed by atoms with E-state index in [2.05, 4.69) is 0 Å². The van der Waals surface area contributed by atoms with E-state index in [0.29, 0.717) is 16.3 Å². The maximum atomic E-state index is 13.2. The van der Waals surface area contributed by atoms with E-state index < -0.39 is 5.82 Å². The summed E-state index contributed by atoms with van der Waals surface area (Å²) in [5.74, 6) is -0.405. The van der Waals surface area contributed by atoms with Crippen LogP contribution in [0, 0.1) is 23.0 Å². The maximum absolute atomic E-state index is 13.2. The average Bonchev–Trinajstić information content (AvgIpc) is 2.41. The second-order valence-corrected chi connectivity index (χ2v) is 4.91. The third-order valence-electron chi connectivity index (χ3n) is 2.52. The number of benzene rings is 2. The van der Waals surface area contributed by atoms with Gasteiger partial charge in [-0.2, -0.15) is 5.26 Å². The fourth-order valence-electron chi connectivity index (χ4n) is 1.54. The number of nitrogens with zero attached hydrogens (tertiary/aromatic N) is 1. The van der Waals surface area contributed by atoms with E-state index in [-0.39, 0.29) is 11.4 Å². The Bertz CT molecular complexity index is 650. The first-order valence-corrected chi connectivity index (χ1v) is 6.45. The van der Waals surface area contributed by atoms with Crippen LogP contribution in [-0.2, 0) is 5.75 Å². The largest absolute Gasteiger partial charge is 0.398 e. The number of thioether (sulfide) groups is 1. The highest BCUT2D eigenvalue weighted by Gasteiger charge is 2.06. The highest BCUT2D eigenvalue weighted by atomic mass is 32.2. The molecule has 0 aliphatic rings. The van der Waals surface area contributed by atoms with Crippen LogP contribution in [0.4, 0.5) is 14.5 Å². The SMILES string of the molecule is N#Cc1cc(CSc2cc(F)ccc2N)ccc1F. The molecule has 19 heavy (non-hydrogen) atoms. The van der Waals surface area contributed by atoms with Gasteiger partial charge in [0.25, 0.3) is 0 Å². The minimum atomic E-state index is -0.540. The molecule has 2 N–H and O–H groups in total. The molecule has 96 valence electrons. The fraction of sp³-hybridized carbons (Fsp3) is 0.0714. The molecule has 0 unspecified atom stereocenters. The van der Waals surface area contributed by atoms with Crippen molar-refractivity contribution in [1.82, 2.24) is 0 Å². The van der Waals surface area contributed by atoms with Gasteiger partial charge in [0, 0.05) is 16.3 Å². The molecule has 0 bridgehead atoms. The topological polar surface area (TPSA) is 49.8 Å². The second-order valence-electron chi connectivity index (χ2n) is 3.90. The summed E-state index contributed by atoms with van der Waals surface area (Å²) in [4.78, 5) is 0.628. The van der Waals surface area contributed by atoms with Gasteiger partial charge in [-0.05, 0) is 35.9 Å². The number of hydrogen-bond donors (Lipinski definition) is 1. The molecule has 0 aromatic heterocycles. The summed E-state index contributed by atoms with van der Waals surface area (Å²) in [6.45, 7) is 0. The van der Waals surface area contributed by atoms with E-state index in [1.165, 1.54) is 42.1 Å². The molecule has 2 aromatic carbocycles. The van der Waals surface area contributed by atoms with E-state index in [1.807, 2.05) is 0 Å². The van der Waals surface area contributed by atoms with Crippen molar-refractivity contribution in [2.45, 2.75) is 10.6 Å². The van der Waals surface area contributed by atoms with Gasteiger partial charge in [-0.25, -0.2) is 8.78 Å². The van der Waals surface area contributed by atoms with E-state index in [0.717, 1.165) is 5.56 Å². The van der Waals surface area contributed by atoms with Crippen molar-refractivity contribution in [3.63, 3.8) is 0 Å². The molecule has 2 rings (SSSR count). The van der Waals surface area contributed by atoms with Gasteiger partial charge < -0.3 is 5.73 Å². The first-order valence-electron chi connectivity index (χ1n) is 5.46. The van der Waals surface area contributed by atoms with Crippen LogP contribution in [0.2, 0.25) is 0 Å². The van der Waals surface area contributed by atoms with Crippen molar-refractivity contribution in [2.24, 2.45) is 0 Å². The highest BCUT2D eigenvalue weighted by molar-refractivity contribution is 7.98. The second kappa shape index (κ2) is 5.72. The Hall–Kier alpha value is -2.06. The molecular weight excluding hydrogens is 266 g/mol. The Morgan fingerprint density at radius 2 is 1.95 bits per heavy atom. The summed E-state index contributed by atoms with van der Waals surface area (Å²) in [7, 11) is 0. The third kappa shape index (κ3) is 3.24. The van der Waals surface area contributed by atoms with E-state index >= 15 is 0 Å². The van der Waals surface area contributed by atoms with Gasteiger partial charge in [-0.15, -0.1) is 11.8 Å². The third-order valence-corrected chi connectivity index (χ3v) is 3.66. The predicted octanol–water partition coefficient (Wildman–Crippen LogP) is 3.71. The van der Waals surface area contributed by atoms with Crippen LogP contribution in [0.1, 0.15) is 11.1 Å².